The van der Waals surface area contributed by atoms with E-state index in [1.807, 2.05) is 6.07 Å². The Hall–Kier alpha value is -3.46. The van der Waals surface area contributed by atoms with E-state index in [9.17, 15) is 15.2 Å². The highest BCUT2D eigenvalue weighted by Gasteiger charge is 2.11. The molecule has 2 rings (SSSR count). The molecule has 6 nitrogen and oxygen atoms in total. The zero-order valence-electron chi connectivity index (χ0n) is 13.2. The lowest BCUT2D eigenvalue weighted by Crippen LogP contribution is -2.13. The summed E-state index contributed by atoms with van der Waals surface area (Å²) < 4.78 is 10.0. The number of ether oxygens (including phenoxy) is 2. The number of nitrogens with one attached hydrogen (secondary N) is 1. The van der Waals surface area contributed by atoms with Crippen LogP contribution in [0.15, 0.2) is 48.0 Å². The first-order valence-corrected chi connectivity index (χ1v) is 7.01. The molecule has 0 bridgehead atoms. The minimum absolute atomic E-state index is 0.0725. The van der Waals surface area contributed by atoms with E-state index in [0.29, 0.717) is 22.7 Å². The first-order chi connectivity index (χ1) is 11.6. The van der Waals surface area contributed by atoms with Crippen molar-refractivity contribution < 1.29 is 19.4 Å². The fourth-order valence-corrected chi connectivity index (χ4v) is 2.01. The van der Waals surface area contributed by atoms with Gasteiger partial charge in [0.1, 0.15) is 17.4 Å². The van der Waals surface area contributed by atoms with Gasteiger partial charge in [0.05, 0.1) is 14.2 Å². The largest absolute Gasteiger partial charge is 0.504 e. The van der Waals surface area contributed by atoms with Gasteiger partial charge in [-0.15, -0.1) is 0 Å². The molecule has 0 aliphatic carbocycles. The van der Waals surface area contributed by atoms with Crippen LogP contribution in [0.4, 0.5) is 5.69 Å². The van der Waals surface area contributed by atoms with Gasteiger partial charge in [0.25, 0.3) is 5.91 Å². The Kier molecular flexibility index (Phi) is 5.42. The van der Waals surface area contributed by atoms with Crippen molar-refractivity contribution in [2.45, 2.75) is 0 Å². The van der Waals surface area contributed by atoms with Crippen LogP contribution in [-0.2, 0) is 4.79 Å². The van der Waals surface area contributed by atoms with E-state index in [1.165, 1.54) is 26.4 Å². The molecular formula is C18H16N2O4. The molecule has 2 aromatic carbocycles. The van der Waals surface area contributed by atoms with Crippen molar-refractivity contribution in [1.82, 2.24) is 0 Å². The molecule has 0 saturated carbocycles. The molecule has 122 valence electrons. The van der Waals surface area contributed by atoms with E-state index in [2.05, 4.69) is 5.32 Å². The standard InChI is InChI=1S/C18H16N2O4/c1-23-15-5-3-4-14(10-15)20-18(22)13(11-19)8-12-6-7-17(24-2)16(21)9-12/h3-10,21H,1-2H3,(H,20,22)/b13-8+. The van der Waals surface area contributed by atoms with Gasteiger partial charge < -0.3 is 19.9 Å². The first kappa shape index (κ1) is 16.9. The quantitative estimate of drug-likeness (QED) is 0.652. The summed E-state index contributed by atoms with van der Waals surface area (Å²) in [5, 5.41) is 21.6. The van der Waals surface area contributed by atoms with E-state index in [0.717, 1.165) is 0 Å². The predicted octanol–water partition coefficient (Wildman–Crippen LogP) is 2.96. The molecule has 0 aromatic heterocycles. The summed E-state index contributed by atoms with van der Waals surface area (Å²) in [5.74, 6) is 0.277. The highest BCUT2D eigenvalue weighted by molar-refractivity contribution is 6.09. The van der Waals surface area contributed by atoms with Gasteiger partial charge in [-0.25, -0.2) is 0 Å². The fourth-order valence-electron chi connectivity index (χ4n) is 2.01. The van der Waals surface area contributed by atoms with Crippen LogP contribution in [0, 0.1) is 11.3 Å². The summed E-state index contributed by atoms with van der Waals surface area (Å²) in [4.78, 5) is 12.2. The smallest absolute Gasteiger partial charge is 0.266 e. The van der Waals surface area contributed by atoms with Gasteiger partial charge in [0.2, 0.25) is 0 Å². The average Bonchev–Trinajstić information content (AvgIpc) is 2.59. The lowest BCUT2D eigenvalue weighted by molar-refractivity contribution is -0.112. The molecule has 1 amide bonds. The molecule has 0 atom stereocenters. The summed E-state index contributed by atoms with van der Waals surface area (Å²) in [6, 6.07) is 13.3. The molecule has 0 fully saturated rings. The summed E-state index contributed by atoms with van der Waals surface area (Å²) in [7, 11) is 2.96. The van der Waals surface area contributed by atoms with Gasteiger partial charge in [0.15, 0.2) is 11.5 Å². The highest BCUT2D eigenvalue weighted by atomic mass is 16.5. The van der Waals surface area contributed by atoms with Gasteiger partial charge in [-0.05, 0) is 35.9 Å². The van der Waals surface area contributed by atoms with Gasteiger partial charge in [-0.1, -0.05) is 12.1 Å². The maximum atomic E-state index is 12.2. The van der Waals surface area contributed by atoms with Crippen LogP contribution in [0.5, 0.6) is 17.2 Å². The minimum Gasteiger partial charge on any atom is -0.504 e. The van der Waals surface area contributed by atoms with Crippen LogP contribution in [0.1, 0.15) is 5.56 Å². The second-order valence-corrected chi connectivity index (χ2v) is 4.79. The summed E-state index contributed by atoms with van der Waals surface area (Å²) in [6.45, 7) is 0. The average molecular weight is 324 g/mol. The third kappa shape index (κ3) is 4.05. The molecule has 0 unspecified atom stereocenters. The van der Waals surface area contributed by atoms with Crippen LogP contribution in [-0.4, -0.2) is 25.2 Å². The van der Waals surface area contributed by atoms with Gasteiger partial charge in [-0.2, -0.15) is 5.26 Å². The number of hydrogen-bond acceptors (Lipinski definition) is 5. The third-order valence-corrected chi connectivity index (χ3v) is 3.21. The molecule has 0 saturated heterocycles. The number of rotatable bonds is 5. The molecule has 2 aromatic rings. The van der Waals surface area contributed by atoms with Crippen molar-refractivity contribution in [1.29, 1.82) is 5.26 Å². The number of hydrogen-bond donors (Lipinski definition) is 2. The van der Waals surface area contributed by atoms with Crippen LogP contribution in [0.25, 0.3) is 6.08 Å². The highest BCUT2D eigenvalue weighted by Crippen LogP contribution is 2.27. The molecule has 6 heteroatoms. The lowest BCUT2D eigenvalue weighted by atomic mass is 10.1. The van der Waals surface area contributed by atoms with Gasteiger partial charge >= 0.3 is 0 Å². The SMILES string of the molecule is COc1cccc(NC(=O)/C(C#N)=C/c2ccc(OC)c(O)c2)c1. The molecule has 0 aliphatic rings. The summed E-state index contributed by atoms with van der Waals surface area (Å²) in [5.41, 5.74) is 0.922. The van der Waals surface area contributed by atoms with Crippen LogP contribution in [0.3, 0.4) is 0 Å². The molecule has 0 heterocycles. The zero-order valence-corrected chi connectivity index (χ0v) is 13.2. The minimum atomic E-state index is -0.555. The Morgan fingerprint density at radius 3 is 2.62 bits per heavy atom. The molecule has 0 spiro atoms. The van der Waals surface area contributed by atoms with Crippen LogP contribution >= 0.6 is 0 Å². The molecular weight excluding hydrogens is 308 g/mol. The number of methoxy groups -OCH3 is 2. The van der Waals surface area contributed by atoms with Crippen molar-refractivity contribution in [2.75, 3.05) is 19.5 Å². The molecule has 2 N–H and O–H groups in total. The predicted molar refractivity (Wildman–Crippen MR) is 89.9 cm³/mol. The number of nitrogens with zero attached hydrogens (tertiary/aromatic N) is 1. The van der Waals surface area contributed by atoms with Gasteiger partial charge in [-0.3, -0.25) is 4.79 Å². The van der Waals surface area contributed by atoms with Crippen molar-refractivity contribution in [3.63, 3.8) is 0 Å². The number of carbonyl (C=O) groups is 1. The van der Waals surface area contributed by atoms with E-state index < -0.39 is 5.91 Å². The summed E-state index contributed by atoms with van der Waals surface area (Å²) in [6.07, 6.45) is 1.38. The first-order valence-electron chi connectivity index (χ1n) is 7.01. The Balaban J connectivity index is 2.22. The number of phenolic OH excluding ortho intramolecular Hbond substituents is 1. The number of carbonyl (C=O) groups excluding carboxylic acids is 1. The second-order valence-electron chi connectivity index (χ2n) is 4.79. The normalized spacial score (nSPS) is 10.6. The molecule has 0 aliphatic heterocycles. The van der Waals surface area contributed by atoms with Gasteiger partial charge in [0, 0.05) is 11.8 Å². The maximum absolute atomic E-state index is 12.2. The van der Waals surface area contributed by atoms with E-state index >= 15 is 0 Å². The summed E-state index contributed by atoms with van der Waals surface area (Å²) >= 11 is 0. The maximum Gasteiger partial charge on any atom is 0.266 e. The number of anilines is 1. The number of nitriles is 1. The Morgan fingerprint density at radius 1 is 1.21 bits per heavy atom. The van der Waals surface area contributed by atoms with E-state index in [4.69, 9.17) is 9.47 Å². The van der Waals surface area contributed by atoms with Crippen LogP contribution < -0.4 is 14.8 Å². The number of aromatic hydroxyl groups is 1. The number of benzene rings is 2. The Morgan fingerprint density at radius 2 is 2.00 bits per heavy atom. The van der Waals surface area contributed by atoms with E-state index in [1.54, 1.807) is 36.4 Å². The van der Waals surface area contributed by atoms with Crippen molar-refractivity contribution in [2.24, 2.45) is 0 Å². The van der Waals surface area contributed by atoms with Crippen molar-refractivity contribution in [3.8, 4) is 23.3 Å². The van der Waals surface area contributed by atoms with E-state index in [-0.39, 0.29) is 11.3 Å². The zero-order chi connectivity index (χ0) is 17.5. The molecule has 24 heavy (non-hydrogen) atoms. The van der Waals surface area contributed by atoms with Crippen molar-refractivity contribution >= 4 is 17.7 Å². The molecule has 0 radical (unpaired) electrons. The lowest BCUT2D eigenvalue weighted by Gasteiger charge is -2.07. The van der Waals surface area contributed by atoms with Crippen LogP contribution in [0.2, 0.25) is 0 Å². The fraction of sp³-hybridized carbons (Fsp3) is 0.111. The monoisotopic (exact) mass is 324 g/mol. The topological polar surface area (TPSA) is 91.6 Å². The third-order valence-electron chi connectivity index (χ3n) is 3.21. The Labute approximate surface area is 139 Å². The number of phenols is 1. The second kappa shape index (κ2) is 7.70. The Bertz CT molecular complexity index is 822. The number of amides is 1. The van der Waals surface area contributed by atoms with Crippen molar-refractivity contribution in [3.05, 3.63) is 53.6 Å².